The lowest BCUT2D eigenvalue weighted by Gasteiger charge is -2.16. The fourth-order valence-corrected chi connectivity index (χ4v) is 1.35. The Hall–Kier alpha value is -2.26. The number of phosphoric ester groups is 1. The fourth-order valence-electron chi connectivity index (χ4n) is 1.20. The third-order valence-electron chi connectivity index (χ3n) is 2.28. The molecule has 0 spiro atoms. The summed E-state index contributed by atoms with van der Waals surface area (Å²) in [6.07, 6.45) is 0.928. The number of esters is 1. The second-order valence-electron chi connectivity index (χ2n) is 4.13. The summed E-state index contributed by atoms with van der Waals surface area (Å²) >= 11 is 0. The fraction of sp³-hybridized carbons (Fsp3) is 0.308. The van der Waals surface area contributed by atoms with Crippen LogP contribution in [0.1, 0.15) is 12.5 Å². The van der Waals surface area contributed by atoms with E-state index in [2.05, 4.69) is 9.05 Å². The van der Waals surface area contributed by atoms with Gasteiger partial charge in [-0.25, -0.2) is 4.79 Å². The molecule has 0 aromatic heterocycles. The predicted molar refractivity (Wildman–Crippen MR) is 80.9 cm³/mol. The van der Waals surface area contributed by atoms with E-state index >= 15 is 0 Å². The largest absolute Gasteiger partial charge is 0.756 e. The van der Waals surface area contributed by atoms with Crippen molar-refractivity contribution in [3.8, 4) is 0 Å². The summed E-state index contributed by atoms with van der Waals surface area (Å²) in [5.41, 5.74) is 0.448. The third kappa shape index (κ3) is 9.70. The normalized spacial score (nSPS) is 11.2. The molecule has 0 saturated carbocycles. The number of nitro groups is 1. The lowest BCUT2D eigenvalue weighted by Crippen LogP contribution is -2.02. The number of nitrogens with zero attached hydrogens (tertiary/aromatic N) is 1. The van der Waals surface area contributed by atoms with Gasteiger partial charge < -0.3 is 23.8 Å². The summed E-state index contributed by atoms with van der Waals surface area (Å²) in [5.74, 6) is -0.856. The van der Waals surface area contributed by atoms with E-state index in [1.807, 2.05) is 0 Å². The maximum Gasteiger partial charge on any atom is 0.334 e. The predicted octanol–water partition coefficient (Wildman–Crippen LogP) is 1.85. The number of rotatable bonds is 6. The summed E-state index contributed by atoms with van der Waals surface area (Å²) in [5, 5.41) is 19.3. The van der Waals surface area contributed by atoms with Gasteiger partial charge in [0.2, 0.25) is 0 Å². The molecule has 0 saturated heterocycles. The van der Waals surface area contributed by atoms with E-state index in [-0.39, 0.29) is 18.1 Å². The SMILES string of the molecule is C/C(O)=C/C(=O)OCc1cccc([N+](=O)[O-])c1.COP(=O)([O-])OC. The van der Waals surface area contributed by atoms with Gasteiger partial charge >= 0.3 is 5.97 Å². The van der Waals surface area contributed by atoms with Crippen molar-refractivity contribution in [1.82, 2.24) is 0 Å². The molecule has 0 aliphatic rings. The second kappa shape index (κ2) is 10.5. The van der Waals surface area contributed by atoms with Crippen LogP contribution in [0.4, 0.5) is 5.69 Å². The molecule has 1 aromatic rings. The number of ether oxygens (including phenoxy) is 1. The average Bonchev–Trinajstić information content (AvgIpc) is 2.53. The van der Waals surface area contributed by atoms with Crippen LogP contribution in [0.15, 0.2) is 36.1 Å². The highest BCUT2D eigenvalue weighted by Gasteiger charge is 2.07. The van der Waals surface area contributed by atoms with Crippen LogP contribution >= 0.6 is 7.82 Å². The van der Waals surface area contributed by atoms with Crippen LogP contribution in [-0.4, -0.2) is 30.2 Å². The Balaban J connectivity index is 0.000000640. The Kier molecular flexibility index (Phi) is 9.51. The van der Waals surface area contributed by atoms with Crippen molar-refractivity contribution in [2.45, 2.75) is 13.5 Å². The van der Waals surface area contributed by atoms with E-state index in [0.29, 0.717) is 5.56 Å². The van der Waals surface area contributed by atoms with Gasteiger partial charge in [0.05, 0.1) is 16.8 Å². The third-order valence-corrected chi connectivity index (χ3v) is 3.17. The zero-order chi connectivity index (χ0) is 18.8. The molecule has 0 fully saturated rings. The van der Waals surface area contributed by atoms with Gasteiger partial charge in [-0.15, -0.1) is 0 Å². The van der Waals surface area contributed by atoms with Gasteiger partial charge in [0.1, 0.15) is 6.61 Å². The first-order valence-electron chi connectivity index (χ1n) is 6.31. The van der Waals surface area contributed by atoms with Crippen molar-refractivity contribution in [3.63, 3.8) is 0 Å². The number of phosphoric acid groups is 1. The summed E-state index contributed by atoms with van der Waals surface area (Å²) in [4.78, 5) is 31.0. The van der Waals surface area contributed by atoms with Gasteiger partial charge in [-0.3, -0.25) is 14.7 Å². The molecule has 0 aliphatic carbocycles. The van der Waals surface area contributed by atoms with Gasteiger partial charge in [-0.1, -0.05) is 12.1 Å². The monoisotopic (exact) mass is 362 g/mol. The molecule has 0 bridgehead atoms. The van der Waals surface area contributed by atoms with E-state index in [0.717, 1.165) is 20.3 Å². The Morgan fingerprint density at radius 3 is 2.38 bits per heavy atom. The minimum atomic E-state index is -3.90. The molecule has 0 aliphatic heterocycles. The highest BCUT2D eigenvalue weighted by Crippen LogP contribution is 2.34. The number of carbonyl (C=O) groups excluding carboxylic acids is 1. The van der Waals surface area contributed by atoms with Crippen LogP contribution in [0.3, 0.4) is 0 Å². The van der Waals surface area contributed by atoms with Crippen LogP contribution < -0.4 is 4.89 Å². The maximum absolute atomic E-state index is 11.1. The Morgan fingerprint density at radius 1 is 1.38 bits per heavy atom. The lowest BCUT2D eigenvalue weighted by molar-refractivity contribution is -0.384. The highest BCUT2D eigenvalue weighted by molar-refractivity contribution is 7.45. The highest BCUT2D eigenvalue weighted by atomic mass is 31.2. The molecule has 11 heteroatoms. The van der Waals surface area contributed by atoms with E-state index in [4.69, 9.17) is 9.84 Å². The van der Waals surface area contributed by atoms with Crippen molar-refractivity contribution in [1.29, 1.82) is 0 Å². The van der Waals surface area contributed by atoms with E-state index in [9.17, 15) is 24.4 Å². The number of hydrogen-bond acceptors (Lipinski definition) is 9. The average molecular weight is 362 g/mol. The van der Waals surface area contributed by atoms with E-state index in [1.165, 1.54) is 25.1 Å². The molecule has 10 nitrogen and oxygen atoms in total. The number of hydrogen-bond donors (Lipinski definition) is 1. The van der Waals surface area contributed by atoms with Gasteiger partial charge in [-0.05, 0) is 12.5 Å². The first-order valence-corrected chi connectivity index (χ1v) is 7.77. The van der Waals surface area contributed by atoms with Crippen LogP contribution in [0.2, 0.25) is 0 Å². The number of aliphatic hydroxyl groups excluding tert-OH is 1. The molecule has 0 heterocycles. The van der Waals surface area contributed by atoms with Crippen molar-refractivity contribution in [3.05, 3.63) is 51.8 Å². The molecular formula is C13H17NO9P-. The number of nitro benzene ring substituents is 1. The van der Waals surface area contributed by atoms with Crippen LogP contribution in [0, 0.1) is 10.1 Å². The number of aliphatic hydroxyl groups is 1. The number of allylic oxidation sites excluding steroid dienone is 1. The van der Waals surface area contributed by atoms with Crippen molar-refractivity contribution in [2.24, 2.45) is 0 Å². The Bertz CT molecular complexity index is 632. The van der Waals surface area contributed by atoms with Crippen molar-refractivity contribution < 1.29 is 38.1 Å². The lowest BCUT2D eigenvalue weighted by atomic mass is 10.2. The molecule has 24 heavy (non-hydrogen) atoms. The van der Waals surface area contributed by atoms with Gasteiger partial charge in [0, 0.05) is 26.4 Å². The summed E-state index contributed by atoms with van der Waals surface area (Å²) in [7, 11) is -1.83. The number of non-ortho nitro benzene ring substituents is 1. The first-order chi connectivity index (χ1) is 11.1. The maximum atomic E-state index is 11.1. The molecule has 1 N–H and O–H groups in total. The van der Waals surface area contributed by atoms with Gasteiger partial charge in [0.15, 0.2) is 0 Å². The smallest absolute Gasteiger partial charge is 0.334 e. The Morgan fingerprint density at radius 2 is 1.96 bits per heavy atom. The minimum absolute atomic E-state index is 0.0626. The number of benzene rings is 1. The van der Waals surface area contributed by atoms with E-state index in [1.54, 1.807) is 6.07 Å². The zero-order valence-electron chi connectivity index (χ0n) is 13.2. The summed E-state index contributed by atoms with van der Waals surface area (Å²) in [6, 6.07) is 5.79. The molecule has 0 atom stereocenters. The quantitative estimate of drug-likeness (QED) is 0.200. The zero-order valence-corrected chi connectivity index (χ0v) is 14.1. The van der Waals surface area contributed by atoms with E-state index < -0.39 is 18.7 Å². The Labute approximate surface area is 138 Å². The molecule has 0 unspecified atom stereocenters. The van der Waals surface area contributed by atoms with Crippen LogP contribution in [0.5, 0.6) is 0 Å². The molecule has 134 valence electrons. The summed E-state index contributed by atoms with van der Waals surface area (Å²) < 4.78 is 22.5. The van der Waals surface area contributed by atoms with Crippen molar-refractivity contribution >= 4 is 19.5 Å². The van der Waals surface area contributed by atoms with Crippen LogP contribution in [0.25, 0.3) is 0 Å². The van der Waals surface area contributed by atoms with Gasteiger partial charge in [-0.2, -0.15) is 0 Å². The standard InChI is InChI=1S/C11H11NO5.C2H7O4P/c1-8(13)5-11(14)17-7-9-3-2-4-10(6-9)12(15)16;1-5-7(3,4)6-2/h2-6,13H,7H2,1H3;1-2H3,(H,3,4)/p-1/b8-5-;. The second-order valence-corrected chi connectivity index (χ2v) is 5.76. The topological polar surface area (TPSA) is 148 Å². The van der Waals surface area contributed by atoms with Crippen LogP contribution in [-0.2, 0) is 29.8 Å². The molecule has 0 amide bonds. The van der Waals surface area contributed by atoms with Crippen molar-refractivity contribution in [2.75, 3.05) is 14.2 Å². The van der Waals surface area contributed by atoms with Gasteiger partial charge in [0.25, 0.3) is 13.5 Å². The first kappa shape index (κ1) is 21.7. The minimum Gasteiger partial charge on any atom is -0.756 e. The summed E-state index contributed by atoms with van der Waals surface area (Å²) in [6.45, 7) is 1.26. The number of carbonyl (C=O) groups is 1. The molecule has 1 aromatic carbocycles. The molecule has 1 rings (SSSR count). The molecule has 0 radical (unpaired) electrons. The molecular weight excluding hydrogens is 345 g/mol.